The number of nitrogens with one attached hydrogen (secondary N) is 1. The lowest BCUT2D eigenvalue weighted by Crippen LogP contribution is -2.49. The number of halogens is 2. The van der Waals surface area contributed by atoms with Gasteiger partial charge in [0.2, 0.25) is 0 Å². The van der Waals surface area contributed by atoms with Gasteiger partial charge >= 0.3 is 12.1 Å². The third kappa shape index (κ3) is 2.15. The summed E-state index contributed by atoms with van der Waals surface area (Å²) in [7, 11) is 0. The molecule has 5 nitrogen and oxygen atoms in total. The molecule has 2 aliphatic carbocycles. The third-order valence-corrected chi connectivity index (χ3v) is 3.68. The van der Waals surface area contributed by atoms with Crippen molar-refractivity contribution in [3.63, 3.8) is 0 Å². The Bertz CT molecular complexity index is 424. The van der Waals surface area contributed by atoms with Gasteiger partial charge in [-0.25, -0.2) is 13.6 Å². The summed E-state index contributed by atoms with van der Waals surface area (Å²) in [6.45, 7) is 5.10. The van der Waals surface area contributed by atoms with Crippen LogP contribution >= 0.6 is 0 Å². The summed E-state index contributed by atoms with van der Waals surface area (Å²) in [5, 5.41) is 11.2. The molecule has 19 heavy (non-hydrogen) atoms. The van der Waals surface area contributed by atoms with Gasteiger partial charge in [-0.1, -0.05) is 0 Å². The first kappa shape index (κ1) is 14.0. The van der Waals surface area contributed by atoms with Crippen molar-refractivity contribution in [2.24, 2.45) is 11.3 Å². The van der Waals surface area contributed by atoms with Crippen LogP contribution in [0.25, 0.3) is 0 Å². The second-order valence-corrected chi connectivity index (χ2v) is 6.30. The van der Waals surface area contributed by atoms with E-state index in [1.54, 1.807) is 20.8 Å². The zero-order chi connectivity index (χ0) is 14.6. The number of ether oxygens (including phenoxy) is 1. The van der Waals surface area contributed by atoms with Crippen LogP contribution in [0, 0.1) is 11.3 Å². The van der Waals surface area contributed by atoms with Crippen molar-refractivity contribution in [2.45, 2.75) is 51.2 Å². The number of hydrogen-bond donors (Lipinski definition) is 2. The van der Waals surface area contributed by atoms with E-state index in [-0.39, 0.29) is 12.8 Å². The monoisotopic (exact) mass is 277 g/mol. The maximum absolute atomic E-state index is 13.4. The van der Waals surface area contributed by atoms with Crippen LogP contribution in [0.1, 0.15) is 33.6 Å². The quantitative estimate of drug-likeness (QED) is 0.809. The molecule has 2 rings (SSSR count). The van der Waals surface area contributed by atoms with Gasteiger partial charge in [-0.3, -0.25) is 4.79 Å². The number of alkyl carbamates (subject to hydrolysis) is 1. The number of carbonyl (C=O) groups is 2. The number of aliphatic carboxylic acids is 1. The van der Waals surface area contributed by atoms with Crippen LogP contribution in [0.5, 0.6) is 0 Å². The Morgan fingerprint density at radius 1 is 1.32 bits per heavy atom. The van der Waals surface area contributed by atoms with E-state index in [4.69, 9.17) is 9.84 Å². The Labute approximate surface area is 109 Å². The fourth-order valence-electron chi connectivity index (χ4n) is 2.80. The fraction of sp³-hybridized carbons (Fsp3) is 0.833. The Hall–Kier alpha value is -1.40. The summed E-state index contributed by atoms with van der Waals surface area (Å²) in [5.74, 6) is -6.25. The zero-order valence-corrected chi connectivity index (χ0v) is 11.0. The minimum atomic E-state index is -3.16. The maximum atomic E-state index is 13.4. The van der Waals surface area contributed by atoms with E-state index < -0.39 is 41.0 Å². The van der Waals surface area contributed by atoms with E-state index in [2.05, 4.69) is 5.32 Å². The topological polar surface area (TPSA) is 75.6 Å². The normalized spacial score (nSPS) is 35.4. The summed E-state index contributed by atoms with van der Waals surface area (Å²) in [5.41, 5.74) is -2.11. The largest absolute Gasteiger partial charge is 0.481 e. The van der Waals surface area contributed by atoms with Crippen LogP contribution in [0.4, 0.5) is 13.6 Å². The summed E-state index contributed by atoms with van der Waals surface area (Å²) in [6, 6.07) is -0.440. The Morgan fingerprint density at radius 3 is 2.21 bits per heavy atom. The Morgan fingerprint density at radius 2 is 1.84 bits per heavy atom. The lowest BCUT2D eigenvalue weighted by molar-refractivity contribution is -0.141. The van der Waals surface area contributed by atoms with Gasteiger partial charge < -0.3 is 15.2 Å². The van der Waals surface area contributed by atoms with Gasteiger partial charge in [0.15, 0.2) is 0 Å². The minimum Gasteiger partial charge on any atom is -0.481 e. The Kier molecular flexibility index (Phi) is 2.80. The number of carboxylic acid groups (broad SMARTS) is 1. The lowest BCUT2D eigenvalue weighted by Gasteiger charge is -2.36. The summed E-state index contributed by atoms with van der Waals surface area (Å²) in [4.78, 5) is 22.1. The van der Waals surface area contributed by atoms with Gasteiger partial charge in [0, 0.05) is 6.04 Å². The van der Waals surface area contributed by atoms with E-state index in [1.807, 2.05) is 0 Å². The average molecular weight is 277 g/mol. The molecule has 7 heteroatoms. The maximum Gasteiger partial charge on any atom is 0.407 e. The van der Waals surface area contributed by atoms with Crippen LogP contribution in [-0.4, -0.2) is 34.7 Å². The number of alkyl halides is 2. The van der Waals surface area contributed by atoms with Crippen LogP contribution in [-0.2, 0) is 9.53 Å². The van der Waals surface area contributed by atoms with Crippen LogP contribution in [0.2, 0.25) is 0 Å². The standard InChI is InChI=1S/C12H17F2NO4/c1-10(2,3)19-9(18)15-6-4-11(5-6)7(8(16)17)12(11,13)14/h6-7H,4-5H2,1-3H3,(H,15,18)(H,16,17)/t6?,7-,11?/m1/s1. The molecule has 0 aromatic heterocycles. The fourth-order valence-corrected chi connectivity index (χ4v) is 2.80. The van der Waals surface area contributed by atoms with E-state index in [9.17, 15) is 18.4 Å². The van der Waals surface area contributed by atoms with Gasteiger partial charge in [-0.15, -0.1) is 0 Å². The number of carbonyl (C=O) groups excluding carboxylic acids is 1. The molecule has 0 unspecified atom stereocenters. The number of rotatable bonds is 2. The SMILES string of the molecule is CC(C)(C)OC(=O)NC1CC2(C1)[C@@H](C(=O)O)C2(F)F. The molecule has 1 spiro atoms. The Balaban J connectivity index is 1.85. The first-order valence-corrected chi connectivity index (χ1v) is 6.10. The second-order valence-electron chi connectivity index (χ2n) is 6.30. The van der Waals surface area contributed by atoms with Crippen molar-refractivity contribution in [2.75, 3.05) is 0 Å². The third-order valence-electron chi connectivity index (χ3n) is 3.68. The summed E-state index contributed by atoms with van der Waals surface area (Å²) >= 11 is 0. The van der Waals surface area contributed by atoms with Crippen LogP contribution < -0.4 is 5.32 Å². The molecule has 1 atom stereocenters. The first-order valence-electron chi connectivity index (χ1n) is 6.10. The lowest BCUT2D eigenvalue weighted by atomic mass is 9.74. The van der Waals surface area contributed by atoms with Crippen molar-refractivity contribution < 1.29 is 28.2 Å². The predicted molar refractivity (Wildman–Crippen MR) is 60.9 cm³/mol. The van der Waals surface area contributed by atoms with Gasteiger partial charge in [-0.2, -0.15) is 0 Å². The van der Waals surface area contributed by atoms with Crippen molar-refractivity contribution in [1.82, 2.24) is 5.32 Å². The summed E-state index contributed by atoms with van der Waals surface area (Å²) < 4.78 is 31.8. The predicted octanol–water partition coefficient (Wildman–Crippen LogP) is 2.01. The van der Waals surface area contributed by atoms with Crippen molar-refractivity contribution >= 4 is 12.1 Å². The number of hydrogen-bond acceptors (Lipinski definition) is 3. The minimum absolute atomic E-state index is 0.0176. The molecule has 0 aromatic rings. The zero-order valence-electron chi connectivity index (χ0n) is 11.0. The highest BCUT2D eigenvalue weighted by Crippen LogP contribution is 2.75. The molecule has 0 aliphatic heterocycles. The highest BCUT2D eigenvalue weighted by Gasteiger charge is 2.87. The smallest absolute Gasteiger partial charge is 0.407 e. The molecule has 108 valence electrons. The molecular weight excluding hydrogens is 260 g/mol. The molecule has 1 amide bonds. The van der Waals surface area contributed by atoms with Gasteiger partial charge in [0.25, 0.3) is 5.92 Å². The first-order chi connectivity index (χ1) is 8.49. The van der Waals surface area contributed by atoms with Crippen LogP contribution in [0.15, 0.2) is 0 Å². The van der Waals surface area contributed by atoms with E-state index >= 15 is 0 Å². The van der Waals surface area contributed by atoms with Gasteiger partial charge in [-0.05, 0) is 33.6 Å². The van der Waals surface area contributed by atoms with E-state index in [0.717, 1.165) is 0 Å². The van der Waals surface area contributed by atoms with Crippen molar-refractivity contribution in [3.05, 3.63) is 0 Å². The molecule has 0 radical (unpaired) electrons. The molecule has 0 heterocycles. The molecule has 2 fully saturated rings. The molecule has 2 N–H and O–H groups in total. The van der Waals surface area contributed by atoms with E-state index in [0.29, 0.717) is 0 Å². The van der Waals surface area contributed by atoms with Gasteiger partial charge in [0.1, 0.15) is 11.5 Å². The molecule has 0 bridgehead atoms. The number of carboxylic acids is 1. The molecule has 2 aliphatic rings. The summed E-state index contributed by atoms with van der Waals surface area (Å²) in [6.07, 6.45) is -0.699. The van der Waals surface area contributed by atoms with Crippen molar-refractivity contribution in [3.8, 4) is 0 Å². The second kappa shape index (κ2) is 3.80. The molecule has 0 saturated heterocycles. The van der Waals surface area contributed by atoms with Gasteiger partial charge in [0.05, 0.1) is 5.41 Å². The highest BCUT2D eigenvalue weighted by atomic mass is 19.3. The molecule has 0 aromatic carbocycles. The highest BCUT2D eigenvalue weighted by molar-refractivity contribution is 5.78. The van der Waals surface area contributed by atoms with E-state index in [1.165, 1.54) is 0 Å². The molecule has 2 saturated carbocycles. The van der Waals surface area contributed by atoms with Crippen molar-refractivity contribution in [1.29, 1.82) is 0 Å². The average Bonchev–Trinajstić information content (AvgIpc) is 2.58. The molecular formula is C12H17F2NO4. The van der Waals surface area contributed by atoms with Crippen LogP contribution in [0.3, 0.4) is 0 Å². The number of amides is 1.